The van der Waals surface area contributed by atoms with E-state index in [1.165, 1.54) is 35.4 Å². The number of carbonyl (C=O) groups excluding carboxylic acids is 2. The number of pyridine rings is 1. The molecule has 2 rings (SSSR count). The van der Waals surface area contributed by atoms with Gasteiger partial charge in [-0.2, -0.15) is 0 Å². The van der Waals surface area contributed by atoms with Gasteiger partial charge in [0.1, 0.15) is 6.54 Å². The van der Waals surface area contributed by atoms with Gasteiger partial charge in [-0.1, -0.05) is 0 Å². The van der Waals surface area contributed by atoms with Gasteiger partial charge in [0.2, 0.25) is 5.91 Å². The Bertz CT molecular complexity index is 756. The van der Waals surface area contributed by atoms with Crippen molar-refractivity contribution in [2.45, 2.75) is 26.5 Å². The lowest BCUT2D eigenvalue weighted by atomic mass is 10.2. The van der Waals surface area contributed by atoms with Gasteiger partial charge >= 0.3 is 5.97 Å². The molecule has 2 aromatic rings. The van der Waals surface area contributed by atoms with Gasteiger partial charge in [0.05, 0.1) is 17.9 Å². The summed E-state index contributed by atoms with van der Waals surface area (Å²) in [6.45, 7) is 3.24. The number of rotatable bonds is 5. The fourth-order valence-corrected chi connectivity index (χ4v) is 1.75. The minimum Gasteiger partial charge on any atom is -0.459 e. The quantitative estimate of drug-likeness (QED) is 0.820. The molecule has 2 heterocycles. The van der Waals surface area contributed by atoms with Crippen LogP contribution in [-0.4, -0.2) is 32.5 Å². The number of aromatic nitrogens is 3. The fraction of sp³-hybridized carbons (Fsp3) is 0.267. The molecule has 0 spiro atoms. The first-order chi connectivity index (χ1) is 11.0. The zero-order valence-corrected chi connectivity index (χ0v) is 12.7. The summed E-state index contributed by atoms with van der Waals surface area (Å²) in [5.41, 5.74) is -0.327. The van der Waals surface area contributed by atoms with E-state index in [-0.39, 0.29) is 18.2 Å². The Labute approximate surface area is 132 Å². The molecule has 1 N–H and O–H groups in total. The predicted molar refractivity (Wildman–Crippen MR) is 81.9 cm³/mol. The third-order valence-corrected chi connectivity index (χ3v) is 2.72. The summed E-state index contributed by atoms with van der Waals surface area (Å²) in [5, 5.41) is 2.52. The lowest BCUT2D eigenvalue weighted by molar-refractivity contribution is -0.116. The Balaban J connectivity index is 2.05. The summed E-state index contributed by atoms with van der Waals surface area (Å²) in [7, 11) is 0. The first kappa shape index (κ1) is 16.3. The highest BCUT2D eigenvalue weighted by molar-refractivity contribution is 5.90. The highest BCUT2D eigenvalue weighted by atomic mass is 16.5. The van der Waals surface area contributed by atoms with Crippen LogP contribution in [0.25, 0.3) is 0 Å². The molecule has 0 aromatic carbocycles. The molecule has 8 heteroatoms. The van der Waals surface area contributed by atoms with Crippen LogP contribution in [0.4, 0.5) is 5.82 Å². The summed E-state index contributed by atoms with van der Waals surface area (Å²) >= 11 is 0. The lowest BCUT2D eigenvalue weighted by Crippen LogP contribution is -2.28. The first-order valence-corrected chi connectivity index (χ1v) is 6.93. The number of hydrogen-bond donors (Lipinski definition) is 1. The van der Waals surface area contributed by atoms with Crippen molar-refractivity contribution < 1.29 is 14.3 Å². The van der Waals surface area contributed by atoms with Gasteiger partial charge in [0.25, 0.3) is 5.56 Å². The zero-order valence-electron chi connectivity index (χ0n) is 12.7. The third-order valence-electron chi connectivity index (χ3n) is 2.72. The van der Waals surface area contributed by atoms with Gasteiger partial charge in [0.15, 0.2) is 5.82 Å². The predicted octanol–water partition coefficient (Wildman–Crippen LogP) is 0.842. The summed E-state index contributed by atoms with van der Waals surface area (Å²) in [6, 6.07) is 2.57. The highest BCUT2D eigenvalue weighted by Crippen LogP contribution is 2.02. The van der Waals surface area contributed by atoms with Crippen LogP contribution in [0, 0.1) is 0 Å². The zero-order chi connectivity index (χ0) is 16.8. The van der Waals surface area contributed by atoms with Crippen molar-refractivity contribution in [3.05, 3.63) is 52.8 Å². The van der Waals surface area contributed by atoms with E-state index < -0.39 is 17.4 Å². The number of nitrogens with one attached hydrogen (secondary N) is 1. The summed E-state index contributed by atoms with van der Waals surface area (Å²) < 4.78 is 6.19. The molecule has 0 aliphatic heterocycles. The second-order valence-corrected chi connectivity index (χ2v) is 4.97. The van der Waals surface area contributed by atoms with Crippen molar-refractivity contribution in [1.82, 2.24) is 14.5 Å². The molecule has 0 aliphatic rings. The van der Waals surface area contributed by atoms with Gasteiger partial charge in [-0.05, 0) is 19.9 Å². The normalized spacial score (nSPS) is 10.4. The number of hydrogen-bond acceptors (Lipinski definition) is 6. The Morgan fingerprint density at radius 1 is 1.35 bits per heavy atom. The maximum Gasteiger partial charge on any atom is 0.338 e. The molecule has 0 atom stereocenters. The second-order valence-electron chi connectivity index (χ2n) is 4.97. The third kappa shape index (κ3) is 4.73. The standard InChI is InChI=1S/C15H16N4O4/c1-10(2)23-15(22)11-3-6-19(14(21)7-11)9-13(20)18-12-8-16-4-5-17-12/h3-8,10H,9H2,1-2H3,(H,17,18,20). The Morgan fingerprint density at radius 2 is 2.13 bits per heavy atom. The Kier molecular flexibility index (Phi) is 5.19. The molecule has 0 radical (unpaired) electrons. The molecule has 0 unspecified atom stereocenters. The van der Waals surface area contributed by atoms with Crippen LogP contribution in [0.15, 0.2) is 41.7 Å². The summed E-state index contributed by atoms with van der Waals surface area (Å²) in [4.78, 5) is 43.3. The van der Waals surface area contributed by atoms with Crippen molar-refractivity contribution in [2.24, 2.45) is 0 Å². The molecule has 1 amide bonds. The van der Waals surface area contributed by atoms with E-state index in [0.717, 1.165) is 6.07 Å². The van der Waals surface area contributed by atoms with E-state index in [0.29, 0.717) is 5.82 Å². The van der Waals surface area contributed by atoms with Gasteiger partial charge < -0.3 is 14.6 Å². The molecular weight excluding hydrogens is 300 g/mol. The minimum absolute atomic E-state index is 0.147. The maximum atomic E-state index is 12.0. The Morgan fingerprint density at radius 3 is 2.74 bits per heavy atom. The van der Waals surface area contributed by atoms with Crippen molar-refractivity contribution in [2.75, 3.05) is 5.32 Å². The Hall–Kier alpha value is -3.03. The van der Waals surface area contributed by atoms with Crippen LogP contribution in [0.1, 0.15) is 24.2 Å². The number of amides is 1. The van der Waals surface area contributed by atoms with Gasteiger partial charge in [0, 0.05) is 24.7 Å². The molecule has 8 nitrogen and oxygen atoms in total. The molecule has 2 aromatic heterocycles. The van der Waals surface area contributed by atoms with Crippen LogP contribution < -0.4 is 10.9 Å². The van der Waals surface area contributed by atoms with Crippen molar-refractivity contribution in [1.29, 1.82) is 0 Å². The van der Waals surface area contributed by atoms with E-state index in [1.807, 2.05) is 0 Å². The maximum absolute atomic E-state index is 12.0. The first-order valence-electron chi connectivity index (χ1n) is 6.93. The summed E-state index contributed by atoms with van der Waals surface area (Å²) in [6.07, 6.45) is 5.41. The van der Waals surface area contributed by atoms with E-state index >= 15 is 0 Å². The fourth-order valence-electron chi connectivity index (χ4n) is 1.75. The molecule has 23 heavy (non-hydrogen) atoms. The number of esters is 1. The number of nitrogens with zero attached hydrogens (tertiary/aromatic N) is 3. The molecule has 0 aliphatic carbocycles. The molecule has 0 saturated carbocycles. The SMILES string of the molecule is CC(C)OC(=O)c1ccn(CC(=O)Nc2cnccn2)c(=O)c1. The van der Waals surface area contributed by atoms with E-state index in [1.54, 1.807) is 13.8 Å². The van der Waals surface area contributed by atoms with Crippen molar-refractivity contribution >= 4 is 17.7 Å². The smallest absolute Gasteiger partial charge is 0.338 e. The molecule has 0 saturated heterocycles. The molecule has 120 valence electrons. The van der Waals surface area contributed by atoms with Crippen molar-refractivity contribution in [3.8, 4) is 0 Å². The van der Waals surface area contributed by atoms with Crippen LogP contribution in [0.5, 0.6) is 0 Å². The summed E-state index contributed by atoms with van der Waals surface area (Å²) in [5.74, 6) is -0.707. The van der Waals surface area contributed by atoms with E-state index in [9.17, 15) is 14.4 Å². The number of carbonyl (C=O) groups is 2. The van der Waals surface area contributed by atoms with E-state index in [2.05, 4.69) is 15.3 Å². The number of ether oxygens (including phenoxy) is 1. The largest absolute Gasteiger partial charge is 0.459 e. The van der Waals surface area contributed by atoms with Gasteiger partial charge in [-0.25, -0.2) is 9.78 Å². The average molecular weight is 316 g/mol. The van der Waals surface area contributed by atoms with Crippen LogP contribution >= 0.6 is 0 Å². The lowest BCUT2D eigenvalue weighted by Gasteiger charge is -2.09. The van der Waals surface area contributed by atoms with Crippen LogP contribution in [0.3, 0.4) is 0 Å². The molecular formula is C15H16N4O4. The monoisotopic (exact) mass is 316 g/mol. The minimum atomic E-state index is -0.576. The average Bonchev–Trinajstić information content (AvgIpc) is 2.49. The number of anilines is 1. The highest BCUT2D eigenvalue weighted by Gasteiger charge is 2.12. The second kappa shape index (κ2) is 7.30. The van der Waals surface area contributed by atoms with Gasteiger partial charge in [-0.3, -0.25) is 14.6 Å². The van der Waals surface area contributed by atoms with Crippen molar-refractivity contribution in [3.63, 3.8) is 0 Å². The molecule has 0 bridgehead atoms. The van der Waals surface area contributed by atoms with E-state index in [4.69, 9.17) is 4.74 Å². The van der Waals surface area contributed by atoms with Crippen LogP contribution in [0.2, 0.25) is 0 Å². The molecule has 0 fully saturated rings. The van der Waals surface area contributed by atoms with Gasteiger partial charge in [-0.15, -0.1) is 0 Å². The topological polar surface area (TPSA) is 103 Å². The van der Waals surface area contributed by atoms with Crippen LogP contribution in [-0.2, 0) is 16.1 Å².